The van der Waals surface area contributed by atoms with Crippen molar-refractivity contribution >= 4 is 29.5 Å². The lowest BCUT2D eigenvalue weighted by molar-refractivity contribution is -0.192. The third-order valence-corrected chi connectivity index (χ3v) is 7.62. The standard InChI is InChI=1S/C34H39N5O5.C2HF3O2/c1-3-16-39(21-24-12-13-24)22-32(26-9-5-4-6-10-26)44-34(41)36-19-25-8-7-11-27(17-25)37-33(40)38-28-14-15-29(30(18-28)42-2)31-20-35-23-43-31;3-2(4,5)1(6)7/h4-11,14-15,17-18,20,23-24,32H,3,12-13,16,19,21-22H2,1-2H3,(H,36,41)(H2,37,38,40);(H,6,7). The molecule has 0 spiro atoms. The summed E-state index contributed by atoms with van der Waals surface area (Å²) in [5.41, 5.74) is 3.64. The van der Waals surface area contributed by atoms with E-state index in [1.807, 2.05) is 42.5 Å². The van der Waals surface area contributed by atoms with E-state index in [-0.39, 0.29) is 12.6 Å². The molecule has 0 radical (unpaired) electrons. The van der Waals surface area contributed by atoms with E-state index in [4.69, 9.17) is 23.8 Å². The van der Waals surface area contributed by atoms with E-state index >= 15 is 0 Å². The Balaban J connectivity index is 0.000000755. The van der Waals surface area contributed by atoms with Crippen LogP contribution in [0.2, 0.25) is 0 Å². The number of carbonyl (C=O) groups is 3. The molecule has 0 bridgehead atoms. The Hall–Kier alpha value is -5.57. The van der Waals surface area contributed by atoms with Gasteiger partial charge in [-0.3, -0.25) is 4.90 Å². The first-order valence-corrected chi connectivity index (χ1v) is 16.2. The Labute approximate surface area is 293 Å². The van der Waals surface area contributed by atoms with Gasteiger partial charge in [0.05, 0.1) is 18.9 Å². The average molecular weight is 712 g/mol. The number of hydrogen-bond donors (Lipinski definition) is 4. The lowest BCUT2D eigenvalue weighted by Crippen LogP contribution is -2.35. The van der Waals surface area contributed by atoms with Crippen LogP contribution in [0.5, 0.6) is 5.75 Å². The number of benzene rings is 3. The lowest BCUT2D eigenvalue weighted by atomic mass is 10.1. The van der Waals surface area contributed by atoms with Gasteiger partial charge in [-0.15, -0.1) is 0 Å². The van der Waals surface area contributed by atoms with Gasteiger partial charge >= 0.3 is 24.3 Å². The second kappa shape index (κ2) is 18.4. The Morgan fingerprint density at radius 2 is 1.73 bits per heavy atom. The fourth-order valence-electron chi connectivity index (χ4n) is 5.07. The number of oxazole rings is 1. The number of urea groups is 1. The zero-order chi connectivity index (χ0) is 36.8. The van der Waals surface area contributed by atoms with Crippen molar-refractivity contribution in [1.29, 1.82) is 0 Å². The summed E-state index contributed by atoms with van der Waals surface area (Å²) in [4.78, 5) is 40.9. The molecular weight excluding hydrogens is 671 g/mol. The number of alkyl halides is 3. The third-order valence-electron chi connectivity index (χ3n) is 7.62. The maximum Gasteiger partial charge on any atom is 0.490 e. The monoisotopic (exact) mass is 711 g/mol. The molecule has 0 saturated heterocycles. The molecule has 4 aromatic rings. The Morgan fingerprint density at radius 3 is 2.33 bits per heavy atom. The quantitative estimate of drug-likeness (QED) is 0.103. The number of amides is 3. The topological polar surface area (TPSA) is 155 Å². The van der Waals surface area contributed by atoms with Crippen LogP contribution in [0, 0.1) is 5.92 Å². The smallest absolute Gasteiger partial charge is 0.490 e. The number of aromatic nitrogens is 1. The molecule has 3 aromatic carbocycles. The number of carbonyl (C=O) groups excluding carboxylic acids is 2. The summed E-state index contributed by atoms with van der Waals surface area (Å²) in [6, 6.07) is 22.0. The molecule has 5 rings (SSSR count). The van der Waals surface area contributed by atoms with E-state index in [9.17, 15) is 22.8 Å². The van der Waals surface area contributed by atoms with Gasteiger partial charge in [-0.1, -0.05) is 49.4 Å². The summed E-state index contributed by atoms with van der Waals surface area (Å²) in [5.74, 6) is -0.902. The number of ether oxygens (including phenoxy) is 2. The Morgan fingerprint density at radius 1 is 1.02 bits per heavy atom. The average Bonchev–Trinajstić information content (AvgIpc) is 3.75. The number of carboxylic acids is 1. The number of nitrogens with zero attached hydrogens (tertiary/aromatic N) is 2. The van der Waals surface area contributed by atoms with Crippen LogP contribution in [0.1, 0.15) is 43.4 Å². The van der Waals surface area contributed by atoms with Crippen LogP contribution >= 0.6 is 0 Å². The molecule has 1 saturated carbocycles. The van der Waals surface area contributed by atoms with E-state index < -0.39 is 24.3 Å². The van der Waals surface area contributed by atoms with Gasteiger partial charge in [-0.25, -0.2) is 19.4 Å². The minimum absolute atomic E-state index is 0.249. The molecule has 4 N–H and O–H groups in total. The molecule has 1 unspecified atom stereocenters. The zero-order valence-electron chi connectivity index (χ0n) is 28.1. The van der Waals surface area contributed by atoms with Gasteiger partial charge in [0, 0.05) is 37.1 Å². The maximum atomic E-state index is 12.9. The molecule has 1 atom stereocenters. The lowest BCUT2D eigenvalue weighted by Gasteiger charge is -2.27. The maximum absolute atomic E-state index is 12.9. The number of aliphatic carboxylic acids is 1. The predicted octanol–water partition coefficient (Wildman–Crippen LogP) is 7.72. The molecule has 1 fully saturated rings. The fourth-order valence-corrected chi connectivity index (χ4v) is 5.07. The number of carboxylic acid groups (broad SMARTS) is 1. The van der Waals surface area contributed by atoms with E-state index in [2.05, 4.69) is 32.8 Å². The fraction of sp³-hybridized carbons (Fsp3) is 0.333. The molecule has 1 aliphatic rings. The second-order valence-electron chi connectivity index (χ2n) is 11.7. The van der Waals surface area contributed by atoms with Gasteiger partial charge in [0.15, 0.2) is 12.2 Å². The number of methoxy groups -OCH3 is 1. The number of hydrogen-bond acceptors (Lipinski definition) is 8. The van der Waals surface area contributed by atoms with Crippen LogP contribution in [-0.4, -0.2) is 66.0 Å². The van der Waals surface area contributed by atoms with Crippen LogP contribution in [0.15, 0.2) is 89.8 Å². The normalized spacial score (nSPS) is 13.0. The minimum Gasteiger partial charge on any atom is -0.496 e. The van der Waals surface area contributed by atoms with E-state index in [0.29, 0.717) is 29.4 Å². The largest absolute Gasteiger partial charge is 0.496 e. The number of halogens is 3. The first-order valence-electron chi connectivity index (χ1n) is 16.2. The van der Waals surface area contributed by atoms with Crippen molar-refractivity contribution in [2.24, 2.45) is 5.92 Å². The van der Waals surface area contributed by atoms with Crippen molar-refractivity contribution < 1.29 is 46.6 Å². The first kappa shape index (κ1) is 38.2. The second-order valence-corrected chi connectivity index (χ2v) is 11.7. The minimum atomic E-state index is -5.08. The predicted molar refractivity (Wildman–Crippen MR) is 183 cm³/mol. The Kier molecular flexibility index (Phi) is 13.8. The molecule has 0 aliphatic heterocycles. The highest BCUT2D eigenvalue weighted by atomic mass is 19.4. The van der Waals surface area contributed by atoms with Crippen LogP contribution in [0.3, 0.4) is 0 Å². The van der Waals surface area contributed by atoms with Gasteiger partial charge in [-0.2, -0.15) is 13.2 Å². The number of alkyl carbamates (subject to hydrolysis) is 1. The highest BCUT2D eigenvalue weighted by Gasteiger charge is 2.38. The number of rotatable bonds is 14. The summed E-state index contributed by atoms with van der Waals surface area (Å²) in [7, 11) is 1.55. The first-order chi connectivity index (χ1) is 24.4. The Bertz CT molecular complexity index is 1720. The van der Waals surface area contributed by atoms with Gasteiger partial charge in [0.25, 0.3) is 0 Å². The summed E-state index contributed by atoms with van der Waals surface area (Å²) < 4.78 is 48.5. The van der Waals surface area contributed by atoms with Crippen molar-refractivity contribution in [3.05, 3.63) is 96.5 Å². The van der Waals surface area contributed by atoms with Gasteiger partial charge in [0.1, 0.15) is 11.9 Å². The van der Waals surface area contributed by atoms with E-state index in [0.717, 1.165) is 42.1 Å². The highest BCUT2D eigenvalue weighted by Crippen LogP contribution is 2.33. The van der Waals surface area contributed by atoms with Gasteiger partial charge in [0.2, 0.25) is 0 Å². The van der Waals surface area contributed by atoms with Crippen molar-refractivity contribution in [1.82, 2.24) is 15.2 Å². The van der Waals surface area contributed by atoms with Crippen molar-refractivity contribution in [2.45, 2.75) is 45.0 Å². The van der Waals surface area contributed by atoms with E-state index in [1.165, 1.54) is 19.2 Å². The molecule has 1 aromatic heterocycles. The molecular formula is C36H40F3N5O7. The summed E-state index contributed by atoms with van der Waals surface area (Å²) in [6.45, 7) is 5.09. The SMILES string of the molecule is CCCN(CC1CC1)CC(OC(=O)NCc1cccc(NC(=O)Nc2ccc(-c3cnco3)c(OC)c2)c1)c1ccccc1.O=C(O)C(F)(F)F. The molecule has 3 amide bonds. The molecule has 272 valence electrons. The van der Waals surface area contributed by atoms with Crippen molar-refractivity contribution in [2.75, 3.05) is 37.4 Å². The summed E-state index contributed by atoms with van der Waals surface area (Å²) >= 11 is 0. The molecule has 12 nitrogen and oxygen atoms in total. The molecule has 1 aliphatic carbocycles. The van der Waals surface area contributed by atoms with Crippen LogP contribution < -0.4 is 20.7 Å². The number of nitrogens with one attached hydrogen (secondary N) is 3. The van der Waals surface area contributed by atoms with Crippen LogP contribution in [0.25, 0.3) is 11.3 Å². The third kappa shape index (κ3) is 12.7. The summed E-state index contributed by atoms with van der Waals surface area (Å²) in [5, 5.41) is 15.6. The zero-order valence-corrected chi connectivity index (χ0v) is 28.1. The van der Waals surface area contributed by atoms with Crippen LogP contribution in [0.4, 0.5) is 34.1 Å². The molecule has 1 heterocycles. The van der Waals surface area contributed by atoms with Crippen molar-refractivity contribution in [3.63, 3.8) is 0 Å². The van der Waals surface area contributed by atoms with Gasteiger partial charge < -0.3 is 34.9 Å². The molecule has 15 heteroatoms. The summed E-state index contributed by atoms with van der Waals surface area (Å²) in [6.07, 6.45) is 0.604. The van der Waals surface area contributed by atoms with Crippen molar-refractivity contribution in [3.8, 4) is 17.1 Å². The highest BCUT2D eigenvalue weighted by molar-refractivity contribution is 6.00. The van der Waals surface area contributed by atoms with Gasteiger partial charge in [-0.05, 0) is 67.1 Å². The number of anilines is 2. The van der Waals surface area contributed by atoms with E-state index in [1.54, 1.807) is 43.6 Å². The van der Waals surface area contributed by atoms with Crippen LogP contribution in [-0.2, 0) is 16.1 Å². The molecule has 51 heavy (non-hydrogen) atoms.